The van der Waals surface area contributed by atoms with Crippen LogP contribution in [0.3, 0.4) is 0 Å². The summed E-state index contributed by atoms with van der Waals surface area (Å²) < 4.78 is 27.8. The van der Waals surface area contributed by atoms with Gasteiger partial charge in [0, 0.05) is 50.8 Å². The highest BCUT2D eigenvalue weighted by Crippen LogP contribution is 2.31. The Morgan fingerprint density at radius 3 is 2.52 bits per heavy atom. The van der Waals surface area contributed by atoms with Gasteiger partial charge < -0.3 is 15.5 Å². The van der Waals surface area contributed by atoms with Crippen molar-refractivity contribution < 1.29 is 8.42 Å². The van der Waals surface area contributed by atoms with Crippen molar-refractivity contribution in [3.05, 3.63) is 60.4 Å². The maximum atomic E-state index is 12.5. The van der Waals surface area contributed by atoms with Gasteiger partial charge in [-0.1, -0.05) is 11.8 Å². The summed E-state index contributed by atoms with van der Waals surface area (Å²) in [7, 11) is 0.415. The number of piperidine rings is 1. The molecule has 1 saturated heterocycles. The van der Waals surface area contributed by atoms with Gasteiger partial charge in [-0.05, 0) is 38.8 Å². The molecule has 4 aromatic heterocycles. The summed E-state index contributed by atoms with van der Waals surface area (Å²) in [6, 6.07) is 4.24. The highest BCUT2D eigenvalue weighted by molar-refractivity contribution is 7.90. The molecule has 0 atom stereocenters. The van der Waals surface area contributed by atoms with E-state index in [9.17, 15) is 8.42 Å². The fourth-order valence-electron chi connectivity index (χ4n) is 4.68. The SMILES string of the molecule is CNC1CCN(c2cc(Nc3ccnc(-c4cnn(S(=O)(=O)C5CC5)c4)n3)ncc2C#Cc2cnn(C)c2)CC1. The molecule has 206 valence electrons. The van der Waals surface area contributed by atoms with Gasteiger partial charge in [0.25, 0.3) is 10.0 Å². The number of nitrogens with one attached hydrogen (secondary N) is 2. The van der Waals surface area contributed by atoms with E-state index in [1.807, 2.05) is 26.4 Å². The fourth-order valence-corrected chi connectivity index (χ4v) is 6.16. The van der Waals surface area contributed by atoms with Crippen LogP contribution in [0.25, 0.3) is 11.4 Å². The second-order valence-corrected chi connectivity index (χ2v) is 12.1. The van der Waals surface area contributed by atoms with E-state index in [0.29, 0.717) is 41.9 Å². The Hall–Kier alpha value is -4.28. The largest absolute Gasteiger partial charge is 0.370 e. The molecule has 4 aromatic rings. The zero-order valence-corrected chi connectivity index (χ0v) is 23.1. The van der Waals surface area contributed by atoms with Crippen molar-refractivity contribution in [3.63, 3.8) is 0 Å². The van der Waals surface area contributed by atoms with Crippen LogP contribution in [0.15, 0.2) is 49.3 Å². The van der Waals surface area contributed by atoms with E-state index >= 15 is 0 Å². The van der Waals surface area contributed by atoms with E-state index in [1.165, 1.54) is 12.4 Å². The molecule has 2 N–H and O–H groups in total. The number of aryl methyl sites for hydroxylation is 1. The molecule has 0 bridgehead atoms. The van der Waals surface area contributed by atoms with Crippen molar-refractivity contribution in [1.82, 2.24) is 39.2 Å². The van der Waals surface area contributed by atoms with Crippen LogP contribution in [0.4, 0.5) is 17.3 Å². The fraction of sp³-hybridized carbons (Fsp3) is 0.370. The predicted molar refractivity (Wildman–Crippen MR) is 152 cm³/mol. The lowest BCUT2D eigenvalue weighted by Crippen LogP contribution is -2.41. The Labute approximate surface area is 232 Å². The third kappa shape index (κ3) is 5.54. The van der Waals surface area contributed by atoms with E-state index in [-0.39, 0.29) is 5.25 Å². The molecule has 1 saturated carbocycles. The van der Waals surface area contributed by atoms with Gasteiger partial charge in [-0.15, -0.1) is 0 Å². The number of hydrogen-bond donors (Lipinski definition) is 2. The molecule has 1 aliphatic carbocycles. The highest BCUT2D eigenvalue weighted by Gasteiger charge is 2.37. The van der Waals surface area contributed by atoms with Gasteiger partial charge in [0.1, 0.15) is 11.6 Å². The monoisotopic (exact) mass is 558 g/mol. The van der Waals surface area contributed by atoms with Crippen LogP contribution in [0.2, 0.25) is 0 Å². The van der Waals surface area contributed by atoms with Crippen LogP contribution in [-0.4, -0.2) is 73.8 Å². The van der Waals surface area contributed by atoms with Gasteiger partial charge in [-0.25, -0.2) is 23.4 Å². The van der Waals surface area contributed by atoms with E-state index in [2.05, 4.69) is 52.5 Å². The van der Waals surface area contributed by atoms with Crippen LogP contribution < -0.4 is 15.5 Å². The molecule has 2 aliphatic rings. The predicted octanol–water partition coefficient (Wildman–Crippen LogP) is 2.14. The topological polar surface area (TPSA) is 136 Å². The standard InChI is InChI=1S/C27H30N10O2S/c1-28-22-8-11-36(12-9-22)24-13-26(30-15-20(24)4-3-19-14-31-35(2)17-19)33-25-7-10-29-27(34-25)21-16-32-37(18-21)40(38,39)23-5-6-23/h7,10,13-18,22-23,28H,5-6,8-9,11-12H2,1-2H3,(H,29,30,33,34). The van der Waals surface area contributed by atoms with E-state index < -0.39 is 10.0 Å². The lowest BCUT2D eigenvalue weighted by atomic mass is 10.0. The second kappa shape index (κ2) is 10.7. The first-order valence-corrected chi connectivity index (χ1v) is 14.7. The quantitative estimate of drug-likeness (QED) is 0.325. The minimum atomic E-state index is -3.46. The minimum absolute atomic E-state index is 0.351. The summed E-state index contributed by atoms with van der Waals surface area (Å²) in [5.74, 6) is 8.00. The Balaban J connectivity index is 1.26. The third-order valence-electron chi connectivity index (χ3n) is 7.11. The molecule has 0 unspecified atom stereocenters. The molecule has 12 nitrogen and oxygen atoms in total. The first kappa shape index (κ1) is 26.0. The molecule has 2 fully saturated rings. The zero-order chi connectivity index (χ0) is 27.7. The molecule has 13 heteroatoms. The Morgan fingerprint density at radius 2 is 1.80 bits per heavy atom. The van der Waals surface area contributed by atoms with Gasteiger partial charge in [0.15, 0.2) is 5.82 Å². The summed E-state index contributed by atoms with van der Waals surface area (Å²) in [6.07, 6.45) is 13.4. The number of hydrogen-bond acceptors (Lipinski definition) is 10. The lowest BCUT2D eigenvalue weighted by Gasteiger charge is -2.34. The molecule has 40 heavy (non-hydrogen) atoms. The van der Waals surface area contributed by atoms with Gasteiger partial charge >= 0.3 is 0 Å². The zero-order valence-electron chi connectivity index (χ0n) is 22.3. The normalized spacial score (nSPS) is 16.0. The second-order valence-electron chi connectivity index (χ2n) is 10.0. The van der Waals surface area contributed by atoms with Crippen molar-refractivity contribution in [3.8, 4) is 23.2 Å². The Bertz CT molecular complexity index is 1690. The van der Waals surface area contributed by atoms with Gasteiger partial charge in [0.05, 0.1) is 46.2 Å². The summed E-state index contributed by atoms with van der Waals surface area (Å²) >= 11 is 0. The number of aromatic nitrogens is 7. The van der Waals surface area contributed by atoms with Gasteiger partial charge in [-0.3, -0.25) is 4.68 Å². The summed E-state index contributed by atoms with van der Waals surface area (Å²) in [6.45, 7) is 1.81. The summed E-state index contributed by atoms with van der Waals surface area (Å²) in [5, 5.41) is 14.6. The molecule has 0 aromatic carbocycles. The number of nitrogens with zero attached hydrogens (tertiary/aromatic N) is 8. The van der Waals surface area contributed by atoms with Gasteiger partial charge in [-0.2, -0.15) is 14.3 Å². The van der Waals surface area contributed by atoms with Crippen molar-refractivity contribution >= 4 is 27.3 Å². The van der Waals surface area contributed by atoms with Crippen molar-refractivity contribution in [2.45, 2.75) is 37.0 Å². The maximum Gasteiger partial charge on any atom is 0.256 e. The first-order chi connectivity index (χ1) is 19.4. The summed E-state index contributed by atoms with van der Waals surface area (Å²) in [5.41, 5.74) is 3.20. The third-order valence-corrected chi connectivity index (χ3v) is 9.14. The van der Waals surface area contributed by atoms with Gasteiger partial charge in [0.2, 0.25) is 0 Å². The molecular formula is C27H30N10O2S. The number of pyridine rings is 1. The van der Waals surface area contributed by atoms with Crippen LogP contribution >= 0.6 is 0 Å². The molecule has 5 heterocycles. The van der Waals surface area contributed by atoms with E-state index in [4.69, 9.17) is 0 Å². The number of rotatable bonds is 7. The molecule has 6 rings (SSSR count). The Kier molecular flexibility index (Phi) is 6.95. The first-order valence-electron chi connectivity index (χ1n) is 13.2. The molecule has 1 aliphatic heterocycles. The van der Waals surface area contributed by atoms with Crippen LogP contribution in [0.1, 0.15) is 36.8 Å². The highest BCUT2D eigenvalue weighted by atomic mass is 32.2. The smallest absolute Gasteiger partial charge is 0.256 e. The minimum Gasteiger partial charge on any atom is -0.370 e. The summed E-state index contributed by atoms with van der Waals surface area (Å²) in [4.78, 5) is 15.9. The van der Waals surface area contributed by atoms with Crippen molar-refractivity contribution in [2.24, 2.45) is 7.05 Å². The van der Waals surface area contributed by atoms with Crippen LogP contribution in [0, 0.1) is 11.8 Å². The molecular weight excluding hydrogens is 528 g/mol. The average Bonchev–Trinajstić information content (AvgIpc) is 3.57. The maximum absolute atomic E-state index is 12.5. The lowest BCUT2D eigenvalue weighted by molar-refractivity contribution is 0.442. The number of anilines is 3. The molecule has 0 spiro atoms. The van der Waals surface area contributed by atoms with Crippen molar-refractivity contribution in [1.29, 1.82) is 0 Å². The van der Waals surface area contributed by atoms with Crippen molar-refractivity contribution in [2.75, 3.05) is 30.4 Å². The van der Waals surface area contributed by atoms with E-state index in [1.54, 1.807) is 29.3 Å². The van der Waals surface area contributed by atoms with Crippen LogP contribution in [-0.2, 0) is 17.1 Å². The molecule has 0 amide bonds. The molecule has 0 radical (unpaired) electrons. The van der Waals surface area contributed by atoms with Crippen LogP contribution in [0.5, 0.6) is 0 Å². The average molecular weight is 559 g/mol. The van der Waals surface area contributed by atoms with E-state index in [0.717, 1.165) is 46.8 Å². The Morgan fingerprint density at radius 1 is 0.975 bits per heavy atom.